The van der Waals surface area contributed by atoms with E-state index in [1.165, 1.54) is 6.07 Å². The summed E-state index contributed by atoms with van der Waals surface area (Å²) in [5, 5.41) is 8.82. The predicted molar refractivity (Wildman–Crippen MR) is 46.4 cm³/mol. The monoisotopic (exact) mass is 266 g/mol. The SMILES string of the molecule is O=C(I)c1ccc(F)c(O)c1. The van der Waals surface area contributed by atoms with Crippen LogP contribution in [0.5, 0.6) is 5.75 Å². The van der Waals surface area contributed by atoms with Crippen LogP contribution in [-0.4, -0.2) is 8.90 Å². The zero-order valence-corrected chi connectivity index (χ0v) is 7.50. The number of phenols is 1. The van der Waals surface area contributed by atoms with Crippen molar-refractivity contribution in [3.05, 3.63) is 29.6 Å². The van der Waals surface area contributed by atoms with Crippen LogP contribution >= 0.6 is 22.6 Å². The number of carbonyl (C=O) groups is 1. The van der Waals surface area contributed by atoms with Crippen LogP contribution < -0.4 is 0 Å². The minimum atomic E-state index is -0.716. The summed E-state index contributed by atoms with van der Waals surface area (Å²) in [6, 6.07) is 3.48. The van der Waals surface area contributed by atoms with Crippen molar-refractivity contribution in [2.45, 2.75) is 0 Å². The second-order valence-corrected chi connectivity index (χ2v) is 2.92. The Hall–Kier alpha value is -0.650. The number of aromatic hydroxyl groups is 1. The molecule has 1 aromatic carbocycles. The lowest BCUT2D eigenvalue weighted by atomic mass is 10.2. The van der Waals surface area contributed by atoms with Gasteiger partial charge in [-0.2, -0.15) is 0 Å². The lowest BCUT2D eigenvalue weighted by Gasteiger charge is -1.95. The first-order valence-corrected chi connectivity index (χ1v) is 3.87. The Bertz CT molecular complexity index is 298. The molecule has 0 heterocycles. The van der Waals surface area contributed by atoms with Crippen LogP contribution in [0.25, 0.3) is 0 Å². The van der Waals surface area contributed by atoms with Crippen molar-refractivity contribution >= 4 is 26.4 Å². The van der Waals surface area contributed by atoms with E-state index in [0.29, 0.717) is 5.56 Å². The number of hydrogen-bond donors (Lipinski definition) is 1. The van der Waals surface area contributed by atoms with Crippen molar-refractivity contribution in [1.29, 1.82) is 0 Å². The second-order valence-electron chi connectivity index (χ2n) is 1.94. The molecule has 0 aliphatic heterocycles. The van der Waals surface area contributed by atoms with Gasteiger partial charge in [-0.3, -0.25) is 4.79 Å². The van der Waals surface area contributed by atoms with Gasteiger partial charge in [0.2, 0.25) is 3.79 Å². The summed E-state index contributed by atoms with van der Waals surface area (Å²) in [6.45, 7) is 0. The molecule has 0 aliphatic carbocycles. The van der Waals surface area contributed by atoms with Crippen molar-refractivity contribution in [2.24, 2.45) is 0 Å². The molecule has 0 amide bonds. The molecule has 0 aliphatic rings. The summed E-state index contributed by atoms with van der Waals surface area (Å²) in [6.07, 6.45) is 0. The predicted octanol–water partition coefficient (Wildman–Crippen LogP) is 2.11. The van der Waals surface area contributed by atoms with Crippen LogP contribution in [0.3, 0.4) is 0 Å². The molecule has 1 aromatic rings. The van der Waals surface area contributed by atoms with Gasteiger partial charge >= 0.3 is 0 Å². The average molecular weight is 266 g/mol. The number of carbonyl (C=O) groups excluding carboxylic acids is 1. The normalized spacial score (nSPS) is 9.64. The van der Waals surface area contributed by atoms with E-state index in [1.54, 1.807) is 22.6 Å². The van der Waals surface area contributed by atoms with E-state index in [9.17, 15) is 9.18 Å². The minimum Gasteiger partial charge on any atom is -0.505 e. The van der Waals surface area contributed by atoms with Gasteiger partial charge in [0.15, 0.2) is 11.6 Å². The highest BCUT2D eigenvalue weighted by molar-refractivity contribution is 14.1. The van der Waals surface area contributed by atoms with Gasteiger partial charge in [0.1, 0.15) is 0 Å². The third-order valence-corrected chi connectivity index (χ3v) is 1.80. The molecule has 0 atom stereocenters. The Morgan fingerprint density at radius 3 is 2.64 bits per heavy atom. The van der Waals surface area contributed by atoms with Crippen LogP contribution in [0.2, 0.25) is 0 Å². The fourth-order valence-corrected chi connectivity index (χ4v) is 0.970. The molecule has 0 fully saturated rings. The largest absolute Gasteiger partial charge is 0.505 e. The van der Waals surface area contributed by atoms with Gasteiger partial charge in [-0.1, -0.05) is 0 Å². The molecule has 0 aromatic heterocycles. The lowest BCUT2D eigenvalue weighted by molar-refractivity contribution is 0.110. The zero-order valence-electron chi connectivity index (χ0n) is 5.34. The summed E-state index contributed by atoms with van der Waals surface area (Å²) in [4.78, 5) is 10.7. The molecular formula is C7H4FIO2. The third kappa shape index (κ3) is 1.89. The van der Waals surface area contributed by atoms with Crippen LogP contribution in [-0.2, 0) is 0 Å². The Morgan fingerprint density at radius 1 is 1.55 bits per heavy atom. The van der Waals surface area contributed by atoms with Crippen LogP contribution in [0.15, 0.2) is 18.2 Å². The molecule has 2 nitrogen and oxygen atoms in total. The fourth-order valence-electron chi connectivity index (χ4n) is 0.635. The van der Waals surface area contributed by atoms with E-state index in [1.807, 2.05) is 0 Å². The van der Waals surface area contributed by atoms with Gasteiger partial charge in [0, 0.05) is 28.2 Å². The summed E-state index contributed by atoms with van der Waals surface area (Å²) >= 11 is 1.56. The number of hydrogen-bond acceptors (Lipinski definition) is 2. The Balaban J connectivity index is 3.15. The van der Waals surface area contributed by atoms with Gasteiger partial charge in [-0.25, -0.2) is 4.39 Å². The van der Waals surface area contributed by atoms with Crippen LogP contribution in [0.4, 0.5) is 4.39 Å². The first kappa shape index (κ1) is 8.45. The van der Waals surface area contributed by atoms with E-state index < -0.39 is 11.6 Å². The average Bonchev–Trinajstić information content (AvgIpc) is 1.94. The van der Waals surface area contributed by atoms with Crippen molar-refractivity contribution in [1.82, 2.24) is 0 Å². The maximum Gasteiger partial charge on any atom is 0.222 e. The lowest BCUT2D eigenvalue weighted by Crippen LogP contribution is -1.87. The van der Waals surface area contributed by atoms with Gasteiger partial charge in [0.05, 0.1) is 0 Å². The molecular weight excluding hydrogens is 262 g/mol. The molecule has 0 spiro atoms. The smallest absolute Gasteiger partial charge is 0.222 e. The number of rotatable bonds is 1. The Labute approximate surface area is 76.2 Å². The summed E-state index contributed by atoms with van der Waals surface area (Å²) in [7, 11) is 0. The highest BCUT2D eigenvalue weighted by Crippen LogP contribution is 2.18. The van der Waals surface area contributed by atoms with E-state index in [2.05, 4.69) is 0 Å². The summed E-state index contributed by atoms with van der Waals surface area (Å²) < 4.78 is 12.2. The fraction of sp³-hybridized carbons (Fsp3) is 0. The van der Waals surface area contributed by atoms with Gasteiger partial charge < -0.3 is 5.11 Å². The highest BCUT2D eigenvalue weighted by Gasteiger charge is 2.04. The van der Waals surface area contributed by atoms with Gasteiger partial charge in [-0.05, 0) is 18.2 Å². The molecule has 0 saturated carbocycles. The van der Waals surface area contributed by atoms with Gasteiger partial charge in [-0.15, -0.1) is 0 Å². The molecule has 0 saturated heterocycles. The van der Waals surface area contributed by atoms with E-state index in [4.69, 9.17) is 5.11 Å². The molecule has 0 radical (unpaired) electrons. The number of benzene rings is 1. The standard InChI is InChI=1S/C7H4FIO2/c8-5-2-1-4(7(9)11)3-6(5)10/h1-3,10H. The minimum absolute atomic E-state index is 0.224. The maximum atomic E-state index is 12.4. The molecule has 1 rings (SSSR count). The third-order valence-electron chi connectivity index (χ3n) is 1.17. The molecule has 0 unspecified atom stereocenters. The van der Waals surface area contributed by atoms with Crippen molar-refractivity contribution < 1.29 is 14.3 Å². The topological polar surface area (TPSA) is 37.3 Å². The zero-order chi connectivity index (χ0) is 8.43. The van der Waals surface area contributed by atoms with Crippen LogP contribution in [0, 0.1) is 5.82 Å². The highest BCUT2D eigenvalue weighted by atomic mass is 127. The quantitative estimate of drug-likeness (QED) is 0.624. The van der Waals surface area contributed by atoms with E-state index >= 15 is 0 Å². The summed E-state index contributed by atoms with van der Waals surface area (Å²) in [5.41, 5.74) is 0.296. The molecule has 58 valence electrons. The Kier molecular flexibility index (Phi) is 2.43. The molecule has 0 bridgehead atoms. The maximum absolute atomic E-state index is 12.4. The van der Waals surface area contributed by atoms with E-state index in [0.717, 1.165) is 12.1 Å². The second kappa shape index (κ2) is 3.17. The van der Waals surface area contributed by atoms with Crippen LogP contribution in [0.1, 0.15) is 10.4 Å². The molecule has 4 heteroatoms. The number of halogens is 2. The Morgan fingerprint density at radius 2 is 2.18 bits per heavy atom. The summed E-state index contributed by atoms with van der Waals surface area (Å²) in [5.74, 6) is -1.21. The molecule has 11 heavy (non-hydrogen) atoms. The van der Waals surface area contributed by atoms with Crippen molar-refractivity contribution in [2.75, 3.05) is 0 Å². The number of phenolic OH excluding ortho intramolecular Hbond substituents is 1. The van der Waals surface area contributed by atoms with E-state index in [-0.39, 0.29) is 3.79 Å². The first-order chi connectivity index (χ1) is 5.11. The van der Waals surface area contributed by atoms with Crippen molar-refractivity contribution in [3.8, 4) is 5.75 Å². The van der Waals surface area contributed by atoms with Gasteiger partial charge in [0.25, 0.3) is 0 Å². The van der Waals surface area contributed by atoms with Crippen molar-refractivity contribution in [3.63, 3.8) is 0 Å². The first-order valence-electron chi connectivity index (χ1n) is 2.79. The molecule has 1 N–H and O–H groups in total.